The van der Waals surface area contributed by atoms with Crippen LogP contribution in [0.15, 0.2) is 267 Å². The van der Waals surface area contributed by atoms with Crippen LogP contribution in [-0.2, 0) is 16.2 Å². The van der Waals surface area contributed by atoms with Crippen LogP contribution in [0.1, 0.15) is 74.9 Å². The Morgan fingerprint density at radius 2 is 0.695 bits per heavy atom. The van der Waals surface area contributed by atoms with Crippen molar-refractivity contribution in [1.82, 2.24) is 0 Å². The number of anilines is 6. The minimum Gasteiger partial charge on any atom is -0.310 e. The molecule has 1 aromatic heterocycles. The molecule has 0 bridgehead atoms. The van der Waals surface area contributed by atoms with E-state index in [1.54, 1.807) is 0 Å². The molecule has 0 aliphatic heterocycles. The standard InChI is InChI=1S/C79H62N2S/c1-77(2,3)55-37-45-59(46-38-55)80(57-41-33-53(34-42-57)51-21-9-7-10-22-51)70-49-68-73(64-28-14-13-27-63(64)70)75-69(79(68)66-30-18-15-25-61(66)62-26-16-19-31-67(62)79)50-71(74-65-29-17-20-32-72(65)82-76(74)75)81(60-47-39-56(40-48-60)78(4,5)6)58-43-35-54(36-44-58)52-23-11-8-12-24-52/h7-50H,1-6H3. The first-order valence-corrected chi connectivity index (χ1v) is 29.6. The van der Waals surface area contributed by atoms with Crippen molar-refractivity contribution >= 4 is 76.4 Å². The maximum atomic E-state index is 2.62. The maximum absolute atomic E-state index is 2.62. The Kier molecular flexibility index (Phi) is 11.5. The molecule has 0 fully saturated rings. The van der Waals surface area contributed by atoms with E-state index in [0.717, 1.165) is 28.4 Å². The summed E-state index contributed by atoms with van der Waals surface area (Å²) in [4.78, 5) is 5.08. The highest BCUT2D eigenvalue weighted by Crippen LogP contribution is 2.68. The van der Waals surface area contributed by atoms with Crippen LogP contribution in [-0.4, -0.2) is 0 Å². The van der Waals surface area contributed by atoms with Gasteiger partial charge in [-0.25, -0.2) is 0 Å². The molecule has 0 saturated heterocycles. The van der Waals surface area contributed by atoms with Gasteiger partial charge in [0.15, 0.2) is 0 Å². The Morgan fingerprint density at radius 3 is 1.20 bits per heavy atom. The average Bonchev–Trinajstić information content (AvgIpc) is 2.08. The van der Waals surface area contributed by atoms with Gasteiger partial charge in [0.2, 0.25) is 0 Å². The molecule has 1 spiro atoms. The summed E-state index contributed by atoms with van der Waals surface area (Å²) in [6, 6.07) is 101. The van der Waals surface area contributed by atoms with E-state index in [4.69, 9.17) is 0 Å². The van der Waals surface area contributed by atoms with Gasteiger partial charge in [0.05, 0.1) is 16.8 Å². The summed E-state index contributed by atoms with van der Waals surface area (Å²) in [6.45, 7) is 13.8. The topological polar surface area (TPSA) is 6.48 Å². The predicted octanol–water partition coefficient (Wildman–Crippen LogP) is 22.4. The van der Waals surface area contributed by atoms with E-state index in [1.807, 2.05) is 11.3 Å². The molecule has 15 rings (SSSR count). The summed E-state index contributed by atoms with van der Waals surface area (Å²) in [5.74, 6) is 0. The normalized spacial score (nSPS) is 13.1. The maximum Gasteiger partial charge on any atom is 0.0727 e. The number of hydrogen-bond acceptors (Lipinski definition) is 3. The van der Waals surface area contributed by atoms with Gasteiger partial charge in [-0.1, -0.05) is 242 Å². The number of rotatable bonds is 8. The summed E-state index contributed by atoms with van der Waals surface area (Å²) in [7, 11) is 0. The van der Waals surface area contributed by atoms with Gasteiger partial charge < -0.3 is 9.80 Å². The number of fused-ring (bicyclic) bond motifs is 16. The lowest BCUT2D eigenvalue weighted by Crippen LogP contribution is -2.26. The zero-order valence-electron chi connectivity index (χ0n) is 47.2. The minimum absolute atomic E-state index is 0.00374. The summed E-state index contributed by atoms with van der Waals surface area (Å²) in [5.41, 5.74) is 23.8. The van der Waals surface area contributed by atoms with Crippen LogP contribution in [0.2, 0.25) is 0 Å². The van der Waals surface area contributed by atoms with Crippen LogP contribution in [0.3, 0.4) is 0 Å². The van der Waals surface area contributed by atoms with Crippen molar-refractivity contribution in [2.75, 3.05) is 9.80 Å². The minimum atomic E-state index is -0.701. The zero-order chi connectivity index (χ0) is 55.5. The fourth-order valence-corrected chi connectivity index (χ4v) is 14.9. The number of hydrogen-bond donors (Lipinski definition) is 0. The van der Waals surface area contributed by atoms with Crippen molar-refractivity contribution in [2.45, 2.75) is 57.8 Å². The monoisotopic (exact) mass is 1070 g/mol. The lowest BCUT2D eigenvalue weighted by Gasteiger charge is -2.34. The van der Waals surface area contributed by atoms with Crippen molar-refractivity contribution < 1.29 is 0 Å². The molecule has 0 saturated carbocycles. The van der Waals surface area contributed by atoms with Gasteiger partial charge in [0, 0.05) is 53.9 Å². The van der Waals surface area contributed by atoms with Crippen LogP contribution in [0.4, 0.5) is 34.1 Å². The molecule has 0 amide bonds. The fraction of sp³-hybridized carbons (Fsp3) is 0.114. The number of nitrogens with zero attached hydrogens (tertiary/aromatic N) is 2. The molecular weight excluding hydrogens is 1010 g/mol. The molecule has 13 aromatic rings. The first kappa shape index (κ1) is 49.7. The highest BCUT2D eigenvalue weighted by atomic mass is 32.1. The first-order valence-electron chi connectivity index (χ1n) is 28.8. The third kappa shape index (κ3) is 7.74. The van der Waals surface area contributed by atoms with E-state index in [2.05, 4.69) is 318 Å². The van der Waals surface area contributed by atoms with Crippen molar-refractivity contribution in [3.8, 4) is 44.5 Å². The Balaban J connectivity index is 1.06. The molecule has 0 unspecified atom stereocenters. The van der Waals surface area contributed by atoms with Crippen molar-refractivity contribution in [3.05, 3.63) is 300 Å². The Morgan fingerprint density at radius 1 is 0.317 bits per heavy atom. The summed E-state index contributed by atoms with van der Waals surface area (Å²) < 4.78 is 2.57. The van der Waals surface area contributed by atoms with Gasteiger partial charge in [-0.15, -0.1) is 11.3 Å². The lowest BCUT2D eigenvalue weighted by molar-refractivity contribution is 0.590. The van der Waals surface area contributed by atoms with Crippen LogP contribution in [0.25, 0.3) is 75.5 Å². The molecular formula is C79H62N2S. The van der Waals surface area contributed by atoms with Gasteiger partial charge in [-0.2, -0.15) is 0 Å². The van der Waals surface area contributed by atoms with E-state index in [0.29, 0.717) is 0 Å². The summed E-state index contributed by atoms with van der Waals surface area (Å²) in [6.07, 6.45) is 0. The third-order valence-electron chi connectivity index (χ3n) is 17.6. The van der Waals surface area contributed by atoms with Crippen LogP contribution >= 0.6 is 11.3 Å². The largest absolute Gasteiger partial charge is 0.310 e. The van der Waals surface area contributed by atoms with Gasteiger partial charge >= 0.3 is 0 Å². The molecule has 1 heterocycles. The molecule has 0 N–H and O–H groups in total. The predicted molar refractivity (Wildman–Crippen MR) is 351 cm³/mol. The molecule has 2 aliphatic rings. The van der Waals surface area contributed by atoms with E-state index in [9.17, 15) is 0 Å². The Hall–Kier alpha value is -9.28. The number of thiophene rings is 1. The second kappa shape index (κ2) is 18.9. The van der Waals surface area contributed by atoms with Gasteiger partial charge in [0.25, 0.3) is 0 Å². The molecule has 3 heteroatoms. The highest BCUT2D eigenvalue weighted by Gasteiger charge is 2.54. The van der Waals surface area contributed by atoms with Gasteiger partial charge in [-0.3, -0.25) is 0 Å². The van der Waals surface area contributed by atoms with Crippen LogP contribution < -0.4 is 9.80 Å². The van der Waals surface area contributed by atoms with Gasteiger partial charge in [0.1, 0.15) is 0 Å². The zero-order valence-corrected chi connectivity index (χ0v) is 48.0. The van der Waals surface area contributed by atoms with Crippen LogP contribution in [0, 0.1) is 0 Å². The average molecular weight is 1070 g/mol. The third-order valence-corrected chi connectivity index (χ3v) is 18.8. The second-order valence-electron chi connectivity index (χ2n) is 24.4. The van der Waals surface area contributed by atoms with Gasteiger partial charge in [-0.05, 0) is 155 Å². The van der Waals surface area contributed by atoms with E-state index < -0.39 is 5.41 Å². The molecule has 394 valence electrons. The quantitative estimate of drug-likeness (QED) is 0.150. The molecule has 12 aromatic carbocycles. The fourth-order valence-electron chi connectivity index (χ4n) is 13.6. The van der Waals surface area contributed by atoms with Crippen molar-refractivity contribution in [3.63, 3.8) is 0 Å². The van der Waals surface area contributed by atoms with E-state index >= 15 is 0 Å². The SMILES string of the molecule is CC(C)(C)c1ccc(N(c2ccc(-c3ccccc3)cc2)c2cc3c(c4ccccc24)-c2c(cc(N(c4ccc(-c5ccccc5)cc4)c4ccc(C(C)(C)C)cc4)c4c2sc2ccccc24)C32c3ccccc3-c3ccccc32)cc1. The van der Waals surface area contributed by atoms with E-state index in [1.165, 1.54) is 115 Å². The molecule has 82 heavy (non-hydrogen) atoms. The van der Waals surface area contributed by atoms with E-state index in [-0.39, 0.29) is 10.8 Å². The molecule has 2 nitrogen and oxygen atoms in total. The van der Waals surface area contributed by atoms with Crippen molar-refractivity contribution in [2.24, 2.45) is 0 Å². The molecule has 0 radical (unpaired) electrons. The van der Waals surface area contributed by atoms with Crippen LogP contribution in [0.5, 0.6) is 0 Å². The number of benzene rings is 12. The first-order chi connectivity index (χ1) is 39.9. The second-order valence-corrected chi connectivity index (χ2v) is 25.5. The Bertz CT molecular complexity index is 4550. The smallest absolute Gasteiger partial charge is 0.0727 e. The molecule has 2 aliphatic carbocycles. The highest BCUT2D eigenvalue weighted by molar-refractivity contribution is 7.26. The Labute approximate surface area is 485 Å². The lowest BCUT2D eigenvalue weighted by atomic mass is 9.70. The van der Waals surface area contributed by atoms with Crippen molar-refractivity contribution in [1.29, 1.82) is 0 Å². The molecule has 0 atom stereocenters. The summed E-state index contributed by atoms with van der Waals surface area (Å²) >= 11 is 1.94. The summed E-state index contributed by atoms with van der Waals surface area (Å²) in [5, 5.41) is 4.97.